The Morgan fingerprint density at radius 3 is 2.78 bits per heavy atom. The van der Waals surface area contributed by atoms with E-state index in [9.17, 15) is 14.4 Å². The molecule has 1 aromatic rings. The van der Waals surface area contributed by atoms with Crippen molar-refractivity contribution in [3.8, 4) is 0 Å². The van der Waals surface area contributed by atoms with Crippen molar-refractivity contribution in [3.63, 3.8) is 0 Å². The fraction of sp³-hybridized carbons (Fsp3) is 0.550. The predicted molar refractivity (Wildman–Crippen MR) is 102 cm³/mol. The molecular weight excluding hydrogens is 344 g/mol. The maximum Gasteiger partial charge on any atom is 0.255 e. The van der Waals surface area contributed by atoms with Crippen LogP contribution in [0.3, 0.4) is 0 Å². The van der Waals surface area contributed by atoms with Crippen LogP contribution in [0.15, 0.2) is 18.2 Å². The van der Waals surface area contributed by atoms with E-state index in [4.69, 9.17) is 0 Å². The lowest BCUT2D eigenvalue weighted by Crippen LogP contribution is -2.52. The van der Waals surface area contributed by atoms with Crippen LogP contribution < -0.4 is 10.6 Å². The predicted octanol–water partition coefficient (Wildman–Crippen LogP) is 0.879. The molecule has 27 heavy (non-hydrogen) atoms. The highest BCUT2D eigenvalue weighted by Gasteiger charge is 2.39. The van der Waals surface area contributed by atoms with Crippen LogP contribution in [0.2, 0.25) is 0 Å². The number of nitrogens with zero attached hydrogens (tertiary/aromatic N) is 2. The molecular formula is C20H28N4O3. The molecule has 1 unspecified atom stereocenters. The largest absolute Gasteiger partial charge is 0.322 e. The molecule has 1 saturated heterocycles. The molecule has 0 spiro atoms. The minimum Gasteiger partial charge on any atom is -0.322 e. The number of likely N-dealkylation sites (N-methyl/N-ethyl adjacent to an activating group) is 2. The number of carbonyl (C=O) groups is 3. The van der Waals surface area contributed by atoms with Crippen molar-refractivity contribution in [2.45, 2.75) is 45.8 Å². The second-order valence-corrected chi connectivity index (χ2v) is 7.11. The molecule has 2 aliphatic rings. The van der Waals surface area contributed by atoms with Gasteiger partial charge < -0.3 is 10.2 Å². The molecule has 1 atom stereocenters. The number of benzene rings is 1. The van der Waals surface area contributed by atoms with E-state index < -0.39 is 6.04 Å². The average Bonchev–Trinajstić information content (AvgIpc) is 2.97. The molecule has 146 valence electrons. The molecule has 2 aliphatic heterocycles. The minimum atomic E-state index is -0.557. The molecule has 3 rings (SSSR count). The third-order valence-corrected chi connectivity index (χ3v) is 5.30. The van der Waals surface area contributed by atoms with Crippen LogP contribution in [-0.2, 0) is 22.7 Å². The van der Waals surface area contributed by atoms with E-state index in [1.807, 2.05) is 12.1 Å². The maximum absolute atomic E-state index is 12.9. The van der Waals surface area contributed by atoms with Crippen LogP contribution in [0.1, 0.15) is 48.2 Å². The summed E-state index contributed by atoms with van der Waals surface area (Å²) in [5, 5.41) is 5.67. The van der Waals surface area contributed by atoms with Gasteiger partial charge in [0.05, 0.1) is 0 Å². The summed E-state index contributed by atoms with van der Waals surface area (Å²) < 4.78 is 0. The maximum atomic E-state index is 12.9. The fourth-order valence-electron chi connectivity index (χ4n) is 3.72. The van der Waals surface area contributed by atoms with Gasteiger partial charge in [-0.15, -0.1) is 0 Å². The molecule has 0 aliphatic carbocycles. The van der Waals surface area contributed by atoms with Crippen molar-refractivity contribution < 1.29 is 14.4 Å². The fourth-order valence-corrected chi connectivity index (χ4v) is 3.72. The van der Waals surface area contributed by atoms with E-state index in [0.29, 0.717) is 18.5 Å². The Labute approximate surface area is 160 Å². The second kappa shape index (κ2) is 8.63. The molecule has 1 aromatic carbocycles. The number of hydrogen-bond acceptors (Lipinski definition) is 5. The van der Waals surface area contributed by atoms with Gasteiger partial charge in [-0.25, -0.2) is 0 Å². The van der Waals surface area contributed by atoms with Crippen molar-refractivity contribution >= 4 is 17.7 Å². The SMILES string of the molecule is CCNCCN(CC)Cc1ccc2c(c1)C(=O)N(C1CCC(=O)NC1=O)C2. The molecule has 0 bridgehead atoms. The van der Waals surface area contributed by atoms with Gasteiger partial charge in [-0.05, 0) is 36.7 Å². The van der Waals surface area contributed by atoms with Gasteiger partial charge in [-0.1, -0.05) is 26.0 Å². The zero-order valence-electron chi connectivity index (χ0n) is 16.1. The Morgan fingerprint density at radius 2 is 2.07 bits per heavy atom. The Balaban J connectivity index is 1.68. The topological polar surface area (TPSA) is 81.8 Å². The highest BCUT2D eigenvalue weighted by atomic mass is 16.2. The molecule has 2 heterocycles. The quantitative estimate of drug-likeness (QED) is 0.523. The first-order chi connectivity index (χ1) is 13.0. The summed E-state index contributed by atoms with van der Waals surface area (Å²) in [5.74, 6) is -0.745. The van der Waals surface area contributed by atoms with Crippen molar-refractivity contribution in [2.75, 3.05) is 26.2 Å². The summed E-state index contributed by atoms with van der Waals surface area (Å²) in [4.78, 5) is 40.3. The monoisotopic (exact) mass is 372 g/mol. The average molecular weight is 372 g/mol. The normalized spacial score (nSPS) is 19.6. The van der Waals surface area contributed by atoms with Crippen molar-refractivity contribution in [1.82, 2.24) is 20.4 Å². The van der Waals surface area contributed by atoms with Crippen molar-refractivity contribution in [1.29, 1.82) is 0 Å². The zero-order chi connectivity index (χ0) is 19.4. The first-order valence-electron chi connectivity index (χ1n) is 9.73. The van der Waals surface area contributed by atoms with Gasteiger partial charge in [-0.3, -0.25) is 24.6 Å². The molecule has 0 saturated carbocycles. The minimum absolute atomic E-state index is 0.114. The number of nitrogens with one attached hydrogen (secondary N) is 2. The van der Waals surface area contributed by atoms with Crippen LogP contribution in [0.25, 0.3) is 0 Å². The van der Waals surface area contributed by atoms with Gasteiger partial charge in [-0.2, -0.15) is 0 Å². The number of imide groups is 1. The third kappa shape index (κ3) is 4.36. The molecule has 3 amide bonds. The summed E-state index contributed by atoms with van der Waals surface area (Å²) >= 11 is 0. The zero-order valence-corrected chi connectivity index (χ0v) is 16.1. The molecule has 2 N–H and O–H groups in total. The lowest BCUT2D eigenvalue weighted by Gasteiger charge is -2.29. The van der Waals surface area contributed by atoms with Gasteiger partial charge in [0.25, 0.3) is 5.91 Å². The number of fused-ring (bicyclic) bond motifs is 1. The summed E-state index contributed by atoms with van der Waals surface area (Å²) in [6.07, 6.45) is 0.671. The Morgan fingerprint density at radius 1 is 1.26 bits per heavy atom. The van der Waals surface area contributed by atoms with Crippen molar-refractivity contribution in [3.05, 3.63) is 34.9 Å². The lowest BCUT2D eigenvalue weighted by molar-refractivity contribution is -0.136. The van der Waals surface area contributed by atoms with Crippen LogP contribution >= 0.6 is 0 Å². The van der Waals surface area contributed by atoms with Gasteiger partial charge in [0.1, 0.15) is 6.04 Å². The Hall–Kier alpha value is -2.25. The third-order valence-electron chi connectivity index (χ3n) is 5.30. The molecule has 7 heteroatoms. The van der Waals surface area contributed by atoms with Gasteiger partial charge >= 0.3 is 0 Å². The molecule has 0 radical (unpaired) electrons. The standard InChI is InChI=1S/C20H28N4O3/c1-3-21-9-10-23(4-2)12-14-5-6-15-13-24(20(27)16(15)11-14)17-7-8-18(25)22-19(17)26/h5-6,11,17,21H,3-4,7-10,12-13H2,1-2H3,(H,22,25,26). The Bertz CT molecular complexity index is 734. The summed E-state index contributed by atoms with van der Waals surface area (Å²) in [7, 11) is 0. The van der Waals surface area contributed by atoms with Gasteiger partial charge in [0.15, 0.2) is 0 Å². The van der Waals surface area contributed by atoms with Crippen LogP contribution in [0.5, 0.6) is 0 Å². The molecule has 1 fully saturated rings. The first kappa shape index (κ1) is 19.5. The van der Waals surface area contributed by atoms with E-state index in [1.54, 1.807) is 4.90 Å². The number of piperidine rings is 1. The summed E-state index contributed by atoms with van der Waals surface area (Å²) in [5.41, 5.74) is 2.73. The molecule has 7 nitrogen and oxygen atoms in total. The summed E-state index contributed by atoms with van der Waals surface area (Å²) in [6, 6.07) is 5.46. The highest BCUT2D eigenvalue weighted by molar-refractivity contribution is 6.05. The number of amides is 3. The smallest absolute Gasteiger partial charge is 0.255 e. The van der Waals surface area contributed by atoms with Crippen LogP contribution in [0, 0.1) is 0 Å². The van der Waals surface area contributed by atoms with E-state index in [0.717, 1.165) is 43.9 Å². The van der Waals surface area contributed by atoms with E-state index in [-0.39, 0.29) is 24.1 Å². The van der Waals surface area contributed by atoms with Crippen LogP contribution in [0.4, 0.5) is 0 Å². The van der Waals surface area contributed by atoms with E-state index in [1.165, 1.54) is 0 Å². The lowest BCUT2D eigenvalue weighted by atomic mass is 10.0. The highest BCUT2D eigenvalue weighted by Crippen LogP contribution is 2.28. The number of carbonyl (C=O) groups excluding carboxylic acids is 3. The first-order valence-corrected chi connectivity index (χ1v) is 9.73. The van der Waals surface area contributed by atoms with E-state index >= 15 is 0 Å². The Kier molecular flexibility index (Phi) is 6.23. The van der Waals surface area contributed by atoms with Gasteiger partial charge in [0.2, 0.25) is 11.8 Å². The second-order valence-electron chi connectivity index (χ2n) is 7.11. The van der Waals surface area contributed by atoms with Gasteiger partial charge in [0, 0.05) is 38.2 Å². The van der Waals surface area contributed by atoms with E-state index in [2.05, 4.69) is 35.4 Å². The van der Waals surface area contributed by atoms with Crippen LogP contribution in [-0.4, -0.2) is 59.7 Å². The summed E-state index contributed by atoms with van der Waals surface area (Å²) in [6.45, 7) is 9.25. The number of rotatable bonds is 8. The molecule has 0 aromatic heterocycles. The number of hydrogen-bond donors (Lipinski definition) is 2. The van der Waals surface area contributed by atoms with Crippen molar-refractivity contribution in [2.24, 2.45) is 0 Å².